The van der Waals surface area contributed by atoms with Gasteiger partial charge in [0.05, 0.1) is 5.75 Å². The summed E-state index contributed by atoms with van der Waals surface area (Å²) >= 11 is 1.09. The quantitative estimate of drug-likeness (QED) is 0.507. The molecule has 0 aromatic carbocycles. The van der Waals surface area contributed by atoms with Crippen molar-refractivity contribution in [3.63, 3.8) is 0 Å². The molecule has 0 aliphatic carbocycles. The average Bonchev–Trinajstić information content (AvgIpc) is 2.82. The van der Waals surface area contributed by atoms with Gasteiger partial charge >= 0.3 is 5.97 Å². The van der Waals surface area contributed by atoms with E-state index in [-0.39, 0.29) is 23.4 Å². The fraction of sp³-hybridized carbons (Fsp3) is 0.364. The molecule has 0 saturated carbocycles. The summed E-state index contributed by atoms with van der Waals surface area (Å²) in [6.45, 7) is 7.67. The SMILES string of the molecule is C=CCN(CC=C)C(=O)CSc1nnnn1CC(=O)O. The van der Waals surface area contributed by atoms with Crippen molar-refractivity contribution in [2.45, 2.75) is 11.7 Å². The van der Waals surface area contributed by atoms with Gasteiger partial charge in [0.25, 0.3) is 0 Å². The van der Waals surface area contributed by atoms with Gasteiger partial charge in [0.2, 0.25) is 11.1 Å². The molecule has 0 bridgehead atoms. The van der Waals surface area contributed by atoms with Crippen molar-refractivity contribution >= 4 is 23.6 Å². The molecule has 0 spiro atoms. The number of carboxylic acids is 1. The summed E-state index contributed by atoms with van der Waals surface area (Å²) in [7, 11) is 0. The highest BCUT2D eigenvalue weighted by Gasteiger charge is 2.15. The second-order valence-electron chi connectivity index (χ2n) is 3.68. The summed E-state index contributed by atoms with van der Waals surface area (Å²) in [5.41, 5.74) is 0. The number of aliphatic carboxylic acids is 1. The Bertz CT molecular complexity index is 492. The van der Waals surface area contributed by atoms with Crippen molar-refractivity contribution in [1.29, 1.82) is 0 Å². The van der Waals surface area contributed by atoms with E-state index in [1.54, 1.807) is 17.1 Å². The fourth-order valence-corrected chi connectivity index (χ4v) is 2.11. The van der Waals surface area contributed by atoms with Crippen LogP contribution in [0.2, 0.25) is 0 Å². The van der Waals surface area contributed by atoms with Crippen LogP contribution < -0.4 is 0 Å². The molecule has 9 heteroatoms. The minimum absolute atomic E-state index is 0.113. The molecule has 0 aliphatic heterocycles. The second-order valence-corrected chi connectivity index (χ2v) is 4.62. The number of aromatic nitrogens is 4. The van der Waals surface area contributed by atoms with Crippen LogP contribution in [0.3, 0.4) is 0 Å². The molecule has 0 unspecified atom stereocenters. The largest absolute Gasteiger partial charge is 0.480 e. The van der Waals surface area contributed by atoms with E-state index in [9.17, 15) is 9.59 Å². The molecule has 1 N–H and O–H groups in total. The van der Waals surface area contributed by atoms with E-state index in [1.807, 2.05) is 0 Å². The fourth-order valence-electron chi connectivity index (χ4n) is 1.33. The molecule has 0 aliphatic rings. The first-order chi connectivity index (χ1) is 9.58. The van der Waals surface area contributed by atoms with E-state index in [2.05, 4.69) is 28.7 Å². The number of nitrogens with zero attached hydrogens (tertiary/aromatic N) is 5. The Balaban J connectivity index is 2.59. The Kier molecular flexibility index (Phi) is 6.44. The number of carbonyl (C=O) groups excluding carboxylic acids is 1. The third-order valence-electron chi connectivity index (χ3n) is 2.16. The van der Waals surface area contributed by atoms with Crippen molar-refractivity contribution in [2.24, 2.45) is 0 Å². The molecule has 1 rings (SSSR count). The number of carboxylic acid groups (broad SMARTS) is 1. The Morgan fingerprint density at radius 1 is 1.35 bits per heavy atom. The van der Waals surface area contributed by atoms with Crippen LogP contribution in [0.5, 0.6) is 0 Å². The monoisotopic (exact) mass is 297 g/mol. The normalized spacial score (nSPS) is 10.0. The molecule has 1 heterocycles. The number of amides is 1. The van der Waals surface area contributed by atoms with E-state index in [4.69, 9.17) is 5.11 Å². The van der Waals surface area contributed by atoms with Gasteiger partial charge in [-0.05, 0) is 10.4 Å². The van der Waals surface area contributed by atoms with Crippen LogP contribution in [0.4, 0.5) is 0 Å². The zero-order chi connectivity index (χ0) is 15.0. The lowest BCUT2D eigenvalue weighted by molar-refractivity contribution is -0.138. The maximum Gasteiger partial charge on any atom is 0.325 e. The van der Waals surface area contributed by atoms with E-state index < -0.39 is 5.97 Å². The Morgan fingerprint density at radius 3 is 2.55 bits per heavy atom. The van der Waals surface area contributed by atoms with Gasteiger partial charge < -0.3 is 10.0 Å². The highest BCUT2D eigenvalue weighted by molar-refractivity contribution is 7.99. The minimum atomic E-state index is -1.05. The van der Waals surface area contributed by atoms with Crippen LogP contribution in [0, 0.1) is 0 Å². The van der Waals surface area contributed by atoms with Crippen LogP contribution in [0.1, 0.15) is 0 Å². The summed E-state index contributed by atoms with van der Waals surface area (Å²) in [5.74, 6) is -1.06. The number of tetrazole rings is 1. The zero-order valence-electron chi connectivity index (χ0n) is 10.8. The molecule has 0 radical (unpaired) electrons. The summed E-state index contributed by atoms with van der Waals surface area (Å²) < 4.78 is 1.13. The molecule has 20 heavy (non-hydrogen) atoms. The van der Waals surface area contributed by atoms with Gasteiger partial charge in [0, 0.05) is 13.1 Å². The third-order valence-corrected chi connectivity index (χ3v) is 3.10. The molecule has 8 nitrogen and oxygen atoms in total. The predicted molar refractivity (Wildman–Crippen MR) is 73.2 cm³/mol. The summed E-state index contributed by atoms with van der Waals surface area (Å²) in [4.78, 5) is 24.1. The molecule has 1 amide bonds. The van der Waals surface area contributed by atoms with Gasteiger partial charge in [-0.15, -0.1) is 18.3 Å². The third kappa shape index (κ3) is 4.84. The smallest absolute Gasteiger partial charge is 0.325 e. The van der Waals surface area contributed by atoms with Gasteiger partial charge in [-0.25, -0.2) is 4.68 Å². The maximum atomic E-state index is 12.0. The molecule has 108 valence electrons. The number of hydrogen-bond donors (Lipinski definition) is 1. The Hall–Kier alpha value is -2.16. The number of rotatable bonds is 9. The molecule has 1 aromatic rings. The highest BCUT2D eigenvalue weighted by Crippen LogP contribution is 2.14. The molecular weight excluding hydrogens is 282 g/mol. The van der Waals surface area contributed by atoms with Crippen molar-refractivity contribution in [2.75, 3.05) is 18.8 Å². The summed E-state index contributed by atoms with van der Waals surface area (Å²) in [6.07, 6.45) is 3.25. The number of thioether (sulfide) groups is 1. The molecular formula is C11H15N5O3S. The van der Waals surface area contributed by atoms with Gasteiger partial charge in [0.1, 0.15) is 6.54 Å². The zero-order valence-corrected chi connectivity index (χ0v) is 11.6. The lowest BCUT2D eigenvalue weighted by atomic mass is 10.4. The Labute approximate surface area is 120 Å². The summed E-state index contributed by atoms with van der Waals surface area (Å²) in [5, 5.41) is 19.6. The van der Waals surface area contributed by atoms with E-state index in [1.165, 1.54) is 0 Å². The van der Waals surface area contributed by atoms with Crippen LogP contribution in [0.15, 0.2) is 30.5 Å². The molecule has 1 aromatic heterocycles. The lowest BCUT2D eigenvalue weighted by Gasteiger charge is -2.18. The van der Waals surface area contributed by atoms with Crippen molar-refractivity contribution in [3.05, 3.63) is 25.3 Å². The first kappa shape index (κ1) is 15.9. The van der Waals surface area contributed by atoms with Gasteiger partial charge in [-0.1, -0.05) is 23.9 Å². The molecule has 0 atom stereocenters. The van der Waals surface area contributed by atoms with Crippen LogP contribution >= 0.6 is 11.8 Å². The topological polar surface area (TPSA) is 101 Å². The Morgan fingerprint density at radius 2 is 2.00 bits per heavy atom. The van der Waals surface area contributed by atoms with Gasteiger partial charge in [-0.2, -0.15) is 0 Å². The first-order valence-corrected chi connectivity index (χ1v) is 6.67. The first-order valence-electron chi connectivity index (χ1n) is 5.68. The average molecular weight is 297 g/mol. The minimum Gasteiger partial charge on any atom is -0.480 e. The summed E-state index contributed by atoms with van der Waals surface area (Å²) in [6, 6.07) is 0. The molecule has 0 saturated heterocycles. The van der Waals surface area contributed by atoms with Gasteiger partial charge in [-0.3, -0.25) is 9.59 Å². The van der Waals surface area contributed by atoms with Crippen LogP contribution in [0.25, 0.3) is 0 Å². The van der Waals surface area contributed by atoms with E-state index in [0.29, 0.717) is 13.1 Å². The maximum absolute atomic E-state index is 12.0. The molecule has 0 fully saturated rings. The predicted octanol–water partition coefficient (Wildman–Crippen LogP) is 0.0504. The highest BCUT2D eigenvalue weighted by atomic mass is 32.2. The lowest BCUT2D eigenvalue weighted by Crippen LogP contribution is -2.32. The van der Waals surface area contributed by atoms with E-state index in [0.717, 1.165) is 16.4 Å². The van der Waals surface area contributed by atoms with Crippen molar-refractivity contribution < 1.29 is 14.7 Å². The van der Waals surface area contributed by atoms with Crippen molar-refractivity contribution in [3.8, 4) is 0 Å². The standard InChI is InChI=1S/C11H15N5O3S/c1-3-5-15(6-4-2)9(17)8-20-11-12-13-14-16(11)7-10(18)19/h3-4H,1-2,5-8H2,(H,18,19). The second kappa shape index (κ2) is 8.10. The van der Waals surface area contributed by atoms with Gasteiger partial charge in [0.15, 0.2) is 0 Å². The number of carbonyl (C=O) groups is 2. The van der Waals surface area contributed by atoms with Crippen molar-refractivity contribution in [1.82, 2.24) is 25.1 Å². The number of hydrogen-bond acceptors (Lipinski definition) is 6. The van der Waals surface area contributed by atoms with E-state index >= 15 is 0 Å². The van der Waals surface area contributed by atoms with Crippen LogP contribution in [-0.2, 0) is 16.1 Å². The van der Waals surface area contributed by atoms with Crippen LogP contribution in [-0.4, -0.2) is 60.9 Å².